The van der Waals surface area contributed by atoms with Crippen LogP contribution in [-0.4, -0.2) is 41.5 Å². The first-order chi connectivity index (χ1) is 18.2. The molecule has 1 heterocycles. The van der Waals surface area contributed by atoms with Gasteiger partial charge in [0.15, 0.2) is 11.9 Å². The zero-order chi connectivity index (χ0) is 27.5. The summed E-state index contributed by atoms with van der Waals surface area (Å²) >= 11 is 7.41. The van der Waals surface area contributed by atoms with Crippen LogP contribution in [0.25, 0.3) is 11.1 Å². The number of thioether (sulfide) groups is 1. The maximum Gasteiger partial charge on any atom is 0.260 e. The standard InChI is InChI=1S/C29H33ClN2O5S/c1-19(31-29(35)21(3)37-24-7-5-4-6-8-24)9-14-28(34)32-20(2)26(33)17-38-18-27-25(15-16-36-27)22-10-12-23(30)13-11-22/h4-8,10-13,15-16,19-21H,9,14,17-18H2,1-3H3,(H,31,35)(H,32,34)/t19-,20-,21-/m0/s1. The number of carbonyl (C=O) groups is 3. The molecule has 3 aromatic rings. The number of nitrogens with one attached hydrogen (secondary N) is 2. The van der Waals surface area contributed by atoms with Gasteiger partial charge >= 0.3 is 0 Å². The van der Waals surface area contributed by atoms with E-state index in [0.29, 0.717) is 22.9 Å². The van der Waals surface area contributed by atoms with Gasteiger partial charge in [-0.25, -0.2) is 0 Å². The number of amides is 2. The number of hydrogen-bond donors (Lipinski definition) is 2. The number of ether oxygens (including phenoxy) is 1. The molecule has 3 atom stereocenters. The second kappa shape index (κ2) is 14.6. The van der Waals surface area contributed by atoms with E-state index in [1.807, 2.05) is 55.5 Å². The second-order valence-electron chi connectivity index (χ2n) is 9.03. The summed E-state index contributed by atoms with van der Waals surface area (Å²) in [6.07, 6.45) is 1.60. The Morgan fingerprint density at radius 1 is 0.974 bits per heavy atom. The lowest BCUT2D eigenvalue weighted by molar-refractivity contribution is -0.128. The Labute approximate surface area is 232 Å². The topological polar surface area (TPSA) is 97.6 Å². The molecule has 202 valence electrons. The molecular weight excluding hydrogens is 524 g/mol. The van der Waals surface area contributed by atoms with Crippen LogP contribution >= 0.6 is 23.4 Å². The molecule has 0 saturated carbocycles. The van der Waals surface area contributed by atoms with Crippen molar-refractivity contribution in [2.24, 2.45) is 0 Å². The van der Waals surface area contributed by atoms with Gasteiger partial charge in [-0.15, -0.1) is 11.8 Å². The third-order valence-electron chi connectivity index (χ3n) is 5.86. The van der Waals surface area contributed by atoms with Gasteiger partial charge in [-0.05, 0) is 63.1 Å². The normalized spacial score (nSPS) is 13.3. The van der Waals surface area contributed by atoms with Crippen LogP contribution in [0.5, 0.6) is 5.75 Å². The summed E-state index contributed by atoms with van der Waals surface area (Å²) in [6.45, 7) is 5.19. The molecule has 0 aliphatic carbocycles. The molecule has 2 amide bonds. The zero-order valence-corrected chi connectivity index (χ0v) is 23.3. The summed E-state index contributed by atoms with van der Waals surface area (Å²) in [6, 6.07) is 17.7. The molecule has 0 bridgehead atoms. The largest absolute Gasteiger partial charge is 0.481 e. The van der Waals surface area contributed by atoms with Gasteiger partial charge in [-0.3, -0.25) is 14.4 Å². The molecule has 0 aliphatic heterocycles. The minimum Gasteiger partial charge on any atom is -0.481 e. The third kappa shape index (κ3) is 9.26. The molecule has 9 heteroatoms. The molecule has 0 fully saturated rings. The molecule has 2 N–H and O–H groups in total. The van der Waals surface area contributed by atoms with Gasteiger partial charge < -0.3 is 19.8 Å². The van der Waals surface area contributed by atoms with Crippen LogP contribution in [0.15, 0.2) is 71.3 Å². The number of carbonyl (C=O) groups excluding carboxylic acids is 3. The van der Waals surface area contributed by atoms with E-state index in [9.17, 15) is 14.4 Å². The fraction of sp³-hybridized carbons (Fsp3) is 0.345. The molecule has 38 heavy (non-hydrogen) atoms. The van der Waals surface area contributed by atoms with E-state index in [1.165, 1.54) is 11.8 Å². The molecule has 0 unspecified atom stereocenters. The monoisotopic (exact) mass is 556 g/mol. The average Bonchev–Trinajstić information content (AvgIpc) is 3.36. The van der Waals surface area contributed by atoms with Gasteiger partial charge in [0, 0.05) is 23.0 Å². The van der Waals surface area contributed by atoms with Crippen molar-refractivity contribution in [3.8, 4) is 16.9 Å². The molecule has 3 rings (SSSR count). The fourth-order valence-electron chi connectivity index (χ4n) is 3.64. The van der Waals surface area contributed by atoms with Crippen LogP contribution in [0.4, 0.5) is 0 Å². The number of rotatable bonds is 14. The lowest BCUT2D eigenvalue weighted by Gasteiger charge is -2.19. The number of ketones is 1. The van der Waals surface area contributed by atoms with Gasteiger partial charge in [0.25, 0.3) is 5.91 Å². The van der Waals surface area contributed by atoms with Gasteiger partial charge in [-0.2, -0.15) is 0 Å². The van der Waals surface area contributed by atoms with Crippen LogP contribution < -0.4 is 15.4 Å². The predicted octanol–water partition coefficient (Wildman–Crippen LogP) is 5.66. The van der Waals surface area contributed by atoms with E-state index in [4.69, 9.17) is 20.8 Å². The van der Waals surface area contributed by atoms with E-state index in [0.717, 1.165) is 16.9 Å². The first kappa shape index (κ1) is 29.3. The Kier molecular flexibility index (Phi) is 11.3. The third-order valence-corrected chi connectivity index (χ3v) is 7.06. The number of furan rings is 1. The molecule has 0 saturated heterocycles. The predicted molar refractivity (Wildman–Crippen MR) is 151 cm³/mol. The van der Waals surface area contributed by atoms with Crippen molar-refractivity contribution in [3.05, 3.63) is 77.7 Å². The SMILES string of the molecule is C[C@H](NC(=O)CC[C@H](C)NC(=O)[C@H](C)Oc1ccccc1)C(=O)CSCc1occc1-c1ccc(Cl)cc1. The van der Waals surface area contributed by atoms with Crippen molar-refractivity contribution in [3.63, 3.8) is 0 Å². The highest BCUT2D eigenvalue weighted by molar-refractivity contribution is 7.99. The summed E-state index contributed by atoms with van der Waals surface area (Å²) in [5, 5.41) is 6.28. The van der Waals surface area contributed by atoms with Crippen molar-refractivity contribution >= 4 is 41.0 Å². The number of benzene rings is 2. The smallest absolute Gasteiger partial charge is 0.260 e. The maximum absolute atomic E-state index is 12.6. The minimum absolute atomic E-state index is 0.0730. The van der Waals surface area contributed by atoms with Crippen molar-refractivity contribution < 1.29 is 23.5 Å². The Morgan fingerprint density at radius 3 is 2.39 bits per heavy atom. The molecule has 0 radical (unpaired) electrons. The Hall–Kier alpha value is -3.23. The van der Waals surface area contributed by atoms with Crippen molar-refractivity contribution in [2.45, 2.75) is 57.6 Å². The minimum atomic E-state index is -0.660. The highest BCUT2D eigenvalue weighted by Crippen LogP contribution is 2.29. The fourth-order valence-corrected chi connectivity index (χ4v) is 4.73. The summed E-state index contributed by atoms with van der Waals surface area (Å²) < 4.78 is 11.2. The van der Waals surface area contributed by atoms with Gasteiger partial charge in [0.1, 0.15) is 11.5 Å². The highest BCUT2D eigenvalue weighted by atomic mass is 35.5. The quantitative estimate of drug-likeness (QED) is 0.266. The zero-order valence-electron chi connectivity index (χ0n) is 21.7. The van der Waals surface area contributed by atoms with Gasteiger partial charge in [0.05, 0.1) is 23.8 Å². The van der Waals surface area contributed by atoms with Crippen LogP contribution in [0, 0.1) is 0 Å². The summed E-state index contributed by atoms with van der Waals surface area (Å²) in [5.74, 6) is 1.61. The van der Waals surface area contributed by atoms with E-state index >= 15 is 0 Å². The Morgan fingerprint density at radius 2 is 1.68 bits per heavy atom. The highest BCUT2D eigenvalue weighted by Gasteiger charge is 2.20. The van der Waals surface area contributed by atoms with E-state index in [2.05, 4.69) is 10.6 Å². The number of halogens is 1. The van der Waals surface area contributed by atoms with Crippen molar-refractivity contribution in [2.75, 3.05) is 5.75 Å². The molecule has 0 spiro atoms. The summed E-state index contributed by atoms with van der Waals surface area (Å²) in [7, 11) is 0. The number of Topliss-reactive ketones (excluding diaryl/α,β-unsaturated/α-hetero) is 1. The molecular formula is C29H33ClN2O5S. The van der Waals surface area contributed by atoms with Crippen LogP contribution in [0.1, 0.15) is 39.4 Å². The van der Waals surface area contributed by atoms with E-state index in [-0.39, 0.29) is 35.8 Å². The number of hydrogen-bond acceptors (Lipinski definition) is 6. The average molecular weight is 557 g/mol. The molecule has 1 aromatic heterocycles. The van der Waals surface area contributed by atoms with E-state index in [1.54, 1.807) is 32.2 Å². The maximum atomic E-state index is 12.6. The van der Waals surface area contributed by atoms with Crippen LogP contribution in [0.2, 0.25) is 5.02 Å². The lowest BCUT2D eigenvalue weighted by atomic mass is 10.1. The molecule has 0 aliphatic rings. The Bertz CT molecular complexity index is 1200. The second-order valence-corrected chi connectivity index (χ2v) is 10.5. The van der Waals surface area contributed by atoms with Gasteiger partial charge in [0.2, 0.25) is 5.91 Å². The number of para-hydroxylation sites is 1. The van der Waals surface area contributed by atoms with Crippen LogP contribution in [-0.2, 0) is 20.1 Å². The lowest BCUT2D eigenvalue weighted by Crippen LogP contribution is -2.43. The van der Waals surface area contributed by atoms with Crippen molar-refractivity contribution in [1.82, 2.24) is 10.6 Å². The van der Waals surface area contributed by atoms with Crippen LogP contribution in [0.3, 0.4) is 0 Å². The summed E-state index contributed by atoms with van der Waals surface area (Å²) in [4.78, 5) is 37.3. The molecule has 2 aromatic carbocycles. The van der Waals surface area contributed by atoms with Gasteiger partial charge in [-0.1, -0.05) is 41.9 Å². The molecule has 7 nitrogen and oxygen atoms in total. The van der Waals surface area contributed by atoms with E-state index < -0.39 is 12.1 Å². The summed E-state index contributed by atoms with van der Waals surface area (Å²) in [5.41, 5.74) is 1.96. The Balaban J connectivity index is 1.35. The first-order valence-electron chi connectivity index (χ1n) is 12.5. The van der Waals surface area contributed by atoms with Crippen molar-refractivity contribution in [1.29, 1.82) is 0 Å². The first-order valence-corrected chi connectivity index (χ1v) is 14.0.